The van der Waals surface area contributed by atoms with Crippen LogP contribution in [0.15, 0.2) is 52.7 Å². The van der Waals surface area contributed by atoms with Crippen molar-refractivity contribution >= 4 is 46.1 Å². The fourth-order valence-electron chi connectivity index (χ4n) is 4.51. The Morgan fingerprint density at radius 3 is 2.15 bits per heavy atom. The van der Waals surface area contributed by atoms with E-state index in [0.717, 1.165) is 11.8 Å². The molecule has 2 unspecified atom stereocenters. The summed E-state index contributed by atoms with van der Waals surface area (Å²) in [6.45, 7) is 5.38. The third kappa shape index (κ3) is 6.79. The van der Waals surface area contributed by atoms with Crippen LogP contribution in [0.1, 0.15) is 42.6 Å². The molecule has 0 spiro atoms. The zero-order valence-corrected chi connectivity index (χ0v) is 24.8. The lowest BCUT2D eigenvalue weighted by Gasteiger charge is -2.32. The van der Waals surface area contributed by atoms with Gasteiger partial charge in [-0.3, -0.25) is 14.6 Å². The normalized spacial score (nSPS) is 16.6. The number of nitrogens with zero attached hydrogens (tertiary/aromatic N) is 1. The molecule has 11 heteroatoms. The molecular formula is C29H32ClNO8S. The highest BCUT2D eigenvalue weighted by Gasteiger charge is 2.43. The van der Waals surface area contributed by atoms with Crippen molar-refractivity contribution in [3.8, 4) is 17.2 Å². The predicted molar refractivity (Wildman–Crippen MR) is 154 cm³/mol. The number of halogens is 1. The van der Waals surface area contributed by atoms with Crippen LogP contribution in [0.3, 0.4) is 0 Å². The lowest BCUT2D eigenvalue weighted by Crippen LogP contribution is -2.37. The minimum absolute atomic E-state index is 0.0353. The van der Waals surface area contributed by atoms with Gasteiger partial charge >= 0.3 is 11.9 Å². The average Bonchev–Trinajstić information content (AvgIpc) is 2.94. The van der Waals surface area contributed by atoms with Crippen molar-refractivity contribution in [2.24, 2.45) is 10.9 Å². The van der Waals surface area contributed by atoms with E-state index in [1.54, 1.807) is 57.2 Å². The molecule has 1 heterocycles. The molecule has 2 aromatic carbocycles. The van der Waals surface area contributed by atoms with E-state index < -0.39 is 23.8 Å². The van der Waals surface area contributed by atoms with Crippen LogP contribution in [0.2, 0.25) is 5.02 Å². The summed E-state index contributed by atoms with van der Waals surface area (Å²) in [7, 11) is 4.40. The van der Waals surface area contributed by atoms with Crippen LogP contribution in [0.25, 0.3) is 0 Å². The largest absolute Gasteiger partial charge is 0.493 e. The molecule has 0 saturated heterocycles. The maximum Gasteiger partial charge on any atom is 0.336 e. The van der Waals surface area contributed by atoms with Gasteiger partial charge in [-0.05, 0) is 50.6 Å². The van der Waals surface area contributed by atoms with Crippen molar-refractivity contribution in [3.63, 3.8) is 0 Å². The first-order valence-electron chi connectivity index (χ1n) is 12.5. The zero-order valence-electron chi connectivity index (χ0n) is 23.2. The van der Waals surface area contributed by atoms with Crippen LogP contribution in [-0.4, -0.2) is 63.1 Å². The Morgan fingerprint density at radius 2 is 1.60 bits per heavy atom. The Hall–Kier alpha value is -3.50. The Morgan fingerprint density at radius 1 is 0.950 bits per heavy atom. The molecule has 0 N–H and O–H groups in total. The predicted octanol–water partition coefficient (Wildman–Crippen LogP) is 5.49. The number of ether oxygens (including phenoxy) is 5. The van der Waals surface area contributed by atoms with Gasteiger partial charge in [0.25, 0.3) is 0 Å². The van der Waals surface area contributed by atoms with Crippen LogP contribution in [-0.2, 0) is 19.1 Å². The molecule has 2 atom stereocenters. The summed E-state index contributed by atoms with van der Waals surface area (Å²) in [5.41, 5.74) is 1.89. The van der Waals surface area contributed by atoms with E-state index in [-0.39, 0.29) is 29.7 Å². The number of esters is 2. The third-order valence-corrected chi connectivity index (χ3v) is 7.35. The molecule has 1 aliphatic rings. The quantitative estimate of drug-likeness (QED) is 0.314. The lowest BCUT2D eigenvalue weighted by atomic mass is 9.75. The molecule has 214 valence electrons. The molecule has 0 radical (unpaired) electrons. The summed E-state index contributed by atoms with van der Waals surface area (Å²) in [6.07, 6.45) is 0. The van der Waals surface area contributed by atoms with Crippen LogP contribution in [0.5, 0.6) is 17.2 Å². The highest BCUT2D eigenvalue weighted by molar-refractivity contribution is 8.14. The number of aliphatic imine (C=N–C) groups is 1. The van der Waals surface area contributed by atoms with Crippen molar-refractivity contribution in [2.45, 2.75) is 26.7 Å². The van der Waals surface area contributed by atoms with Crippen molar-refractivity contribution in [3.05, 3.63) is 63.8 Å². The van der Waals surface area contributed by atoms with E-state index in [1.165, 1.54) is 21.3 Å². The van der Waals surface area contributed by atoms with E-state index in [0.29, 0.717) is 44.8 Å². The van der Waals surface area contributed by atoms with Gasteiger partial charge in [-0.2, -0.15) is 0 Å². The molecular weight excluding hydrogens is 558 g/mol. The summed E-state index contributed by atoms with van der Waals surface area (Å²) in [4.78, 5) is 44.4. The Balaban J connectivity index is 2.08. The number of rotatable bonds is 11. The van der Waals surface area contributed by atoms with Gasteiger partial charge in [-0.25, -0.2) is 4.79 Å². The molecule has 1 aliphatic heterocycles. The molecule has 2 aromatic rings. The minimum atomic E-state index is -0.877. The molecule has 3 rings (SSSR count). The zero-order chi connectivity index (χ0) is 29.4. The monoisotopic (exact) mass is 589 g/mol. The smallest absolute Gasteiger partial charge is 0.336 e. The number of benzene rings is 2. The Kier molecular flexibility index (Phi) is 11.0. The molecule has 0 aliphatic carbocycles. The van der Waals surface area contributed by atoms with Crippen LogP contribution >= 0.6 is 23.4 Å². The maximum absolute atomic E-state index is 13.4. The summed E-state index contributed by atoms with van der Waals surface area (Å²) in [6, 6.07) is 10.0. The topological polar surface area (TPSA) is 110 Å². The van der Waals surface area contributed by atoms with Crippen molar-refractivity contribution < 1.29 is 38.1 Å². The van der Waals surface area contributed by atoms with Crippen molar-refractivity contribution in [1.82, 2.24) is 0 Å². The van der Waals surface area contributed by atoms with Gasteiger partial charge in [0.2, 0.25) is 10.9 Å². The Labute approximate surface area is 242 Å². The highest BCUT2D eigenvalue weighted by atomic mass is 35.5. The molecule has 0 fully saturated rings. The van der Waals surface area contributed by atoms with Gasteiger partial charge in [-0.15, -0.1) is 0 Å². The summed E-state index contributed by atoms with van der Waals surface area (Å²) < 4.78 is 26.8. The summed E-state index contributed by atoms with van der Waals surface area (Å²) in [5.74, 6) is -1.74. The first-order chi connectivity index (χ1) is 19.2. The van der Waals surface area contributed by atoms with E-state index in [1.807, 2.05) is 0 Å². The molecule has 0 amide bonds. The van der Waals surface area contributed by atoms with Crippen LogP contribution < -0.4 is 14.2 Å². The van der Waals surface area contributed by atoms with Gasteiger partial charge in [0.05, 0.1) is 45.8 Å². The van der Waals surface area contributed by atoms with Crippen LogP contribution in [0, 0.1) is 5.92 Å². The summed E-state index contributed by atoms with van der Waals surface area (Å²) >= 11 is 7.24. The standard InChI is InChI=1S/C29H32ClNO8S/c1-7-38-27(32)23-16(3)31-20(25(28(33)39-8-2)24(23)17-10-9-11-19(30)12-17)15-40-29(34)18-13-21(35-4)26(37-6)22(14-18)36-5/h9-14,23-24H,7-8,15H2,1-6H3. The fourth-order valence-corrected chi connectivity index (χ4v) is 5.48. The summed E-state index contributed by atoms with van der Waals surface area (Å²) in [5, 5.41) is 0.131. The number of carbonyl (C=O) groups excluding carboxylic acids is 3. The van der Waals surface area contributed by atoms with Gasteiger partial charge in [0.15, 0.2) is 11.5 Å². The molecule has 9 nitrogen and oxygen atoms in total. The highest BCUT2D eigenvalue weighted by Crippen LogP contribution is 2.43. The van der Waals surface area contributed by atoms with Crippen LogP contribution in [0.4, 0.5) is 0 Å². The number of hydrogen-bond acceptors (Lipinski definition) is 10. The third-order valence-electron chi connectivity index (χ3n) is 6.20. The van der Waals surface area contributed by atoms with Crippen molar-refractivity contribution in [1.29, 1.82) is 0 Å². The number of thioether (sulfide) groups is 1. The van der Waals surface area contributed by atoms with E-state index in [9.17, 15) is 14.4 Å². The number of carbonyl (C=O) groups is 3. The lowest BCUT2D eigenvalue weighted by molar-refractivity contribution is -0.146. The second-order valence-electron chi connectivity index (χ2n) is 8.59. The Bertz CT molecular complexity index is 1310. The van der Waals surface area contributed by atoms with Gasteiger partial charge in [-0.1, -0.05) is 35.5 Å². The van der Waals surface area contributed by atoms with Crippen molar-refractivity contribution in [2.75, 3.05) is 40.3 Å². The SMILES string of the molecule is CCOC(=O)C1=C(CSC(=O)c2cc(OC)c(OC)c(OC)c2)N=C(C)C(C(=O)OCC)C1c1cccc(Cl)c1. The van der Waals surface area contributed by atoms with Gasteiger partial charge in [0, 0.05) is 28.0 Å². The second-order valence-corrected chi connectivity index (χ2v) is 9.97. The average molecular weight is 590 g/mol. The first-order valence-corrected chi connectivity index (χ1v) is 13.9. The van der Waals surface area contributed by atoms with Gasteiger partial charge < -0.3 is 23.7 Å². The molecule has 0 bridgehead atoms. The second kappa shape index (κ2) is 14.2. The molecule has 0 aromatic heterocycles. The fraction of sp³-hybridized carbons (Fsp3) is 0.379. The first kappa shape index (κ1) is 31.0. The van der Waals surface area contributed by atoms with Gasteiger partial charge in [0.1, 0.15) is 5.92 Å². The van der Waals surface area contributed by atoms with E-state index in [2.05, 4.69) is 4.99 Å². The molecule has 40 heavy (non-hydrogen) atoms. The molecule has 0 saturated carbocycles. The maximum atomic E-state index is 13.4. The number of hydrogen-bond donors (Lipinski definition) is 0. The van der Waals surface area contributed by atoms with E-state index in [4.69, 9.17) is 35.3 Å². The minimum Gasteiger partial charge on any atom is -0.493 e. The number of methoxy groups -OCH3 is 3. The van der Waals surface area contributed by atoms with E-state index >= 15 is 0 Å².